The molecule has 10 heteroatoms. The lowest BCUT2D eigenvalue weighted by atomic mass is 9.93. The normalized spacial score (nSPS) is 28.1. The predicted octanol–water partition coefficient (Wildman–Crippen LogP) is 6.11. The maximum Gasteiger partial charge on any atom is 0.348 e. The monoisotopic (exact) mass is 629 g/mol. The van der Waals surface area contributed by atoms with Crippen molar-refractivity contribution >= 4 is 73.7 Å². The predicted molar refractivity (Wildman–Crippen MR) is 153 cm³/mol. The zero-order valence-corrected chi connectivity index (χ0v) is 24.6. The molecule has 1 aromatic heterocycles. The number of alkyl halides is 1. The summed E-state index contributed by atoms with van der Waals surface area (Å²) in [6.07, 6.45) is 2.01. The fourth-order valence-corrected chi connectivity index (χ4v) is 9.33. The van der Waals surface area contributed by atoms with Gasteiger partial charge in [0.25, 0.3) is 0 Å². The van der Waals surface area contributed by atoms with Gasteiger partial charge in [0.15, 0.2) is 0 Å². The third-order valence-electron chi connectivity index (χ3n) is 7.18. The molecule has 36 heavy (non-hydrogen) atoms. The topological polar surface area (TPSA) is 48.0 Å². The van der Waals surface area contributed by atoms with Gasteiger partial charge in [-0.1, -0.05) is 39.7 Å². The summed E-state index contributed by atoms with van der Waals surface area (Å²) < 4.78 is 17.0. The summed E-state index contributed by atoms with van der Waals surface area (Å²) in [5, 5.41) is 1.23. The third-order valence-corrected chi connectivity index (χ3v) is 11.4. The minimum atomic E-state index is -0.264. The van der Waals surface area contributed by atoms with Crippen molar-refractivity contribution < 1.29 is 19.0 Å². The molecule has 2 saturated carbocycles. The van der Waals surface area contributed by atoms with Crippen LogP contribution in [0.15, 0.2) is 41.3 Å². The summed E-state index contributed by atoms with van der Waals surface area (Å²) in [7, 11) is 0. The van der Waals surface area contributed by atoms with Gasteiger partial charge in [-0.2, -0.15) is 0 Å². The van der Waals surface area contributed by atoms with Crippen molar-refractivity contribution in [1.82, 2.24) is 4.90 Å². The van der Waals surface area contributed by atoms with E-state index in [4.69, 9.17) is 38.0 Å². The number of thiocarbonyl (C=S) groups is 1. The first kappa shape index (κ1) is 27.1. The van der Waals surface area contributed by atoms with E-state index in [-0.39, 0.29) is 11.4 Å². The molecule has 2 aliphatic carbocycles. The fourth-order valence-electron chi connectivity index (χ4n) is 5.06. The number of ether oxygens (including phenoxy) is 3. The Kier molecular flexibility index (Phi) is 9.11. The number of benzene rings is 1. The van der Waals surface area contributed by atoms with Crippen molar-refractivity contribution in [3.8, 4) is 0 Å². The van der Waals surface area contributed by atoms with E-state index >= 15 is 0 Å². The van der Waals surface area contributed by atoms with Crippen LogP contribution in [-0.2, 0) is 20.8 Å². The first-order valence-electron chi connectivity index (χ1n) is 12.2. The Morgan fingerprint density at radius 1 is 1.25 bits per heavy atom. The van der Waals surface area contributed by atoms with Gasteiger partial charge in [-0.05, 0) is 49.2 Å². The maximum atomic E-state index is 12.4. The molecular formula is C26H29BrClNO4S3. The molecule has 1 aliphatic heterocycles. The highest BCUT2D eigenvalue weighted by atomic mass is 79.9. The lowest BCUT2D eigenvalue weighted by Crippen LogP contribution is -2.38. The Balaban J connectivity index is 1.09. The lowest BCUT2D eigenvalue weighted by Gasteiger charge is -2.26. The van der Waals surface area contributed by atoms with Crippen LogP contribution in [0.25, 0.3) is 0 Å². The van der Waals surface area contributed by atoms with E-state index in [9.17, 15) is 4.79 Å². The number of halogens is 2. The molecule has 0 bridgehead atoms. The molecule has 1 saturated heterocycles. The zero-order valence-electron chi connectivity index (χ0n) is 19.8. The Labute approximate surface area is 239 Å². The third kappa shape index (κ3) is 6.20. The van der Waals surface area contributed by atoms with Gasteiger partial charge in [0.1, 0.15) is 11.5 Å². The molecule has 3 fully saturated rings. The van der Waals surface area contributed by atoms with Crippen molar-refractivity contribution in [3.63, 3.8) is 0 Å². The summed E-state index contributed by atoms with van der Waals surface area (Å²) in [4.78, 5) is 19.1. The van der Waals surface area contributed by atoms with E-state index in [1.807, 2.05) is 36.0 Å². The van der Waals surface area contributed by atoms with Gasteiger partial charge in [-0.25, -0.2) is 4.79 Å². The van der Waals surface area contributed by atoms with Gasteiger partial charge in [-0.15, -0.1) is 23.1 Å². The van der Waals surface area contributed by atoms with Crippen LogP contribution in [0.4, 0.5) is 0 Å². The summed E-state index contributed by atoms with van der Waals surface area (Å²) in [6.45, 7) is 5.54. The van der Waals surface area contributed by atoms with Gasteiger partial charge in [0.05, 0.1) is 26.4 Å². The van der Waals surface area contributed by atoms with Crippen molar-refractivity contribution in [3.05, 3.63) is 51.2 Å². The first-order valence-corrected chi connectivity index (χ1v) is 15.6. The molecule has 1 aromatic carbocycles. The van der Waals surface area contributed by atoms with E-state index < -0.39 is 0 Å². The highest BCUT2D eigenvalue weighted by Crippen LogP contribution is 2.66. The second kappa shape index (κ2) is 12.1. The van der Waals surface area contributed by atoms with Crippen LogP contribution >= 0.6 is 62.8 Å². The number of morpholine rings is 1. The van der Waals surface area contributed by atoms with Crippen molar-refractivity contribution in [2.45, 2.75) is 34.4 Å². The molecule has 4 atom stereocenters. The Bertz CT molecular complexity index is 1080. The molecule has 2 aromatic rings. The largest absolute Gasteiger partial charge is 0.460 e. The quantitative estimate of drug-likeness (QED) is 0.178. The molecular weight excluding hydrogens is 602 g/mol. The number of hydrogen-bond acceptors (Lipinski definition) is 8. The number of hydrogen-bond donors (Lipinski definition) is 0. The van der Waals surface area contributed by atoms with Crippen LogP contribution in [0.1, 0.15) is 27.4 Å². The van der Waals surface area contributed by atoms with Gasteiger partial charge in [-0.3, -0.25) is 4.90 Å². The van der Waals surface area contributed by atoms with Crippen molar-refractivity contribution in [2.24, 2.45) is 11.3 Å². The molecule has 5 nitrogen and oxygen atoms in total. The van der Waals surface area contributed by atoms with Crippen molar-refractivity contribution in [2.75, 3.05) is 46.1 Å². The van der Waals surface area contributed by atoms with Gasteiger partial charge < -0.3 is 14.2 Å². The summed E-state index contributed by atoms with van der Waals surface area (Å²) in [6, 6.07) is 11.8. The Morgan fingerprint density at radius 2 is 2.03 bits per heavy atom. The van der Waals surface area contributed by atoms with Crippen LogP contribution < -0.4 is 0 Å². The van der Waals surface area contributed by atoms with E-state index in [1.165, 1.54) is 21.1 Å². The van der Waals surface area contributed by atoms with Gasteiger partial charge in [0.2, 0.25) is 0 Å². The van der Waals surface area contributed by atoms with Gasteiger partial charge in [0, 0.05) is 60.7 Å². The van der Waals surface area contributed by atoms with E-state index in [0.717, 1.165) is 55.6 Å². The molecule has 0 N–H and O–H groups in total. The number of carbonyl (C=O) groups excluding carboxylic acids is 1. The maximum absolute atomic E-state index is 12.4. The zero-order chi connectivity index (χ0) is 25.1. The molecule has 5 rings (SSSR count). The van der Waals surface area contributed by atoms with Crippen molar-refractivity contribution in [1.29, 1.82) is 0 Å². The standard InChI is InChI=1S/C26H29BrClNO4S3/c27-21-13-23(34)26(14-24(26)36-18-3-1-17(28)2-4-18)20(21)16-32-15-19-5-6-22(35-19)25(30)33-12-9-29-7-10-31-11-8-29/h1-6,20-21,24H,7-16H2/t20-,21?,24?,26+/m0/s1. The SMILES string of the molecule is O=C(OCCN1CCOCC1)c1ccc(COC[C@H]2C(Br)CC(=S)[C@@]23CC3Sc2ccc(Cl)cc2)s1. The Hall–Kier alpha value is -0.520. The molecule has 194 valence electrons. The molecule has 0 radical (unpaired) electrons. The number of thiophene rings is 1. The minimum absolute atomic E-state index is 0.0543. The van der Waals surface area contributed by atoms with Crippen LogP contribution in [0.2, 0.25) is 5.02 Å². The number of nitrogens with zero attached hydrogens (tertiary/aromatic N) is 1. The highest BCUT2D eigenvalue weighted by Gasteiger charge is 2.66. The average molecular weight is 631 g/mol. The second-order valence-corrected chi connectivity index (χ2v) is 14.0. The molecule has 1 spiro atoms. The summed E-state index contributed by atoms with van der Waals surface area (Å²) in [5.74, 6) is 0.0829. The summed E-state index contributed by atoms with van der Waals surface area (Å²) in [5.41, 5.74) is 0.0543. The lowest BCUT2D eigenvalue weighted by molar-refractivity contribution is 0.0197. The number of esters is 1. The minimum Gasteiger partial charge on any atom is -0.460 e. The summed E-state index contributed by atoms with van der Waals surface area (Å²) >= 11 is 19.1. The van der Waals surface area contributed by atoms with Crippen LogP contribution in [-0.4, -0.2) is 71.9 Å². The van der Waals surface area contributed by atoms with E-state index in [1.54, 1.807) is 0 Å². The van der Waals surface area contributed by atoms with Crippen LogP contribution in [0.3, 0.4) is 0 Å². The highest BCUT2D eigenvalue weighted by molar-refractivity contribution is 9.09. The van der Waals surface area contributed by atoms with Crippen LogP contribution in [0.5, 0.6) is 0 Å². The molecule has 0 amide bonds. The van der Waals surface area contributed by atoms with Gasteiger partial charge >= 0.3 is 5.97 Å². The molecule has 2 heterocycles. The van der Waals surface area contributed by atoms with E-state index in [2.05, 4.69) is 33.0 Å². The number of carbonyl (C=O) groups is 1. The second-order valence-electron chi connectivity index (χ2n) is 9.43. The van der Waals surface area contributed by atoms with E-state index in [0.29, 0.717) is 40.7 Å². The molecule has 3 aliphatic rings. The smallest absolute Gasteiger partial charge is 0.348 e. The Morgan fingerprint density at radius 3 is 2.81 bits per heavy atom. The number of thioether (sulfide) groups is 1. The molecule has 2 unspecified atom stereocenters. The fraction of sp³-hybridized carbons (Fsp3) is 0.538. The number of rotatable bonds is 10. The average Bonchev–Trinajstić information content (AvgIpc) is 3.27. The van der Waals surface area contributed by atoms with Crippen LogP contribution in [0, 0.1) is 11.3 Å². The first-order chi connectivity index (χ1) is 17.5.